The molecule has 0 aliphatic carbocycles. The number of likely N-dealkylation sites (tertiary alicyclic amines) is 1. The van der Waals surface area contributed by atoms with E-state index < -0.39 is 5.97 Å². The Kier molecular flexibility index (Phi) is 4.37. The molecule has 0 aromatic heterocycles. The van der Waals surface area contributed by atoms with Crippen LogP contribution in [0.2, 0.25) is 0 Å². The molecule has 1 aromatic rings. The second kappa shape index (κ2) is 5.90. The molecular formula is C17H23NO3. The summed E-state index contributed by atoms with van der Waals surface area (Å²) in [5, 5.41) is 18.6. The number of rotatable bonds is 4. The minimum atomic E-state index is -0.927. The van der Waals surface area contributed by atoms with Crippen LogP contribution in [0.3, 0.4) is 0 Å². The van der Waals surface area contributed by atoms with E-state index in [0.717, 1.165) is 25.1 Å². The smallest absolute Gasteiger partial charge is 0.332 e. The van der Waals surface area contributed by atoms with Gasteiger partial charge in [0.1, 0.15) is 5.75 Å². The highest BCUT2D eigenvalue weighted by molar-refractivity contribution is 5.86. The lowest BCUT2D eigenvalue weighted by molar-refractivity contribution is -0.133. The number of carboxylic acids is 1. The zero-order chi connectivity index (χ0) is 15.6. The Morgan fingerprint density at radius 3 is 2.81 bits per heavy atom. The average molecular weight is 289 g/mol. The lowest BCUT2D eigenvalue weighted by Gasteiger charge is -2.45. The van der Waals surface area contributed by atoms with Crippen LogP contribution in [0.15, 0.2) is 36.4 Å². The third-order valence-electron chi connectivity index (χ3n) is 4.79. The summed E-state index contributed by atoms with van der Waals surface area (Å²) in [6.07, 6.45) is 0.935. The van der Waals surface area contributed by atoms with Gasteiger partial charge in [0.25, 0.3) is 0 Å². The lowest BCUT2D eigenvalue weighted by Crippen LogP contribution is -2.48. The molecule has 1 aliphatic rings. The van der Waals surface area contributed by atoms with Crippen LogP contribution in [0.4, 0.5) is 0 Å². The lowest BCUT2D eigenvalue weighted by atomic mass is 9.68. The van der Waals surface area contributed by atoms with Gasteiger partial charge in [0, 0.05) is 18.7 Å². The number of nitrogens with zero attached hydrogens (tertiary/aromatic N) is 1. The molecule has 21 heavy (non-hydrogen) atoms. The monoisotopic (exact) mass is 289 g/mol. The maximum Gasteiger partial charge on any atom is 0.332 e. The van der Waals surface area contributed by atoms with Gasteiger partial charge in [0.15, 0.2) is 0 Å². The third kappa shape index (κ3) is 3.27. The Morgan fingerprint density at radius 2 is 2.24 bits per heavy atom. The van der Waals surface area contributed by atoms with Crippen molar-refractivity contribution in [1.82, 2.24) is 4.90 Å². The van der Waals surface area contributed by atoms with Gasteiger partial charge in [-0.25, -0.2) is 4.79 Å². The summed E-state index contributed by atoms with van der Waals surface area (Å²) in [4.78, 5) is 13.0. The van der Waals surface area contributed by atoms with Crippen molar-refractivity contribution in [2.24, 2.45) is 5.92 Å². The fourth-order valence-electron chi connectivity index (χ4n) is 3.09. The third-order valence-corrected chi connectivity index (χ3v) is 4.79. The van der Waals surface area contributed by atoms with E-state index in [9.17, 15) is 9.90 Å². The summed E-state index contributed by atoms with van der Waals surface area (Å²) in [5.41, 5.74) is 1.38. The molecule has 2 atom stereocenters. The molecule has 0 bridgehead atoms. The number of aliphatic carboxylic acids is 1. The van der Waals surface area contributed by atoms with Gasteiger partial charge in [-0.05, 0) is 42.0 Å². The van der Waals surface area contributed by atoms with E-state index in [4.69, 9.17) is 5.11 Å². The van der Waals surface area contributed by atoms with Crippen molar-refractivity contribution in [2.75, 3.05) is 19.6 Å². The molecule has 2 rings (SSSR count). The van der Waals surface area contributed by atoms with E-state index in [1.165, 1.54) is 0 Å². The molecule has 1 saturated heterocycles. The molecule has 1 heterocycles. The van der Waals surface area contributed by atoms with E-state index in [1.54, 1.807) is 6.07 Å². The van der Waals surface area contributed by atoms with Gasteiger partial charge in [-0.2, -0.15) is 0 Å². The molecule has 114 valence electrons. The highest BCUT2D eigenvalue weighted by atomic mass is 16.4. The second-order valence-corrected chi connectivity index (χ2v) is 6.26. The van der Waals surface area contributed by atoms with Gasteiger partial charge in [-0.15, -0.1) is 0 Å². The van der Waals surface area contributed by atoms with Crippen molar-refractivity contribution in [3.8, 4) is 5.75 Å². The van der Waals surface area contributed by atoms with Gasteiger partial charge in [0.05, 0.1) is 0 Å². The maximum absolute atomic E-state index is 10.9. The molecule has 1 fully saturated rings. The van der Waals surface area contributed by atoms with Crippen molar-refractivity contribution in [1.29, 1.82) is 0 Å². The van der Waals surface area contributed by atoms with Gasteiger partial charge in [-0.3, -0.25) is 4.90 Å². The van der Waals surface area contributed by atoms with Crippen molar-refractivity contribution < 1.29 is 15.0 Å². The summed E-state index contributed by atoms with van der Waals surface area (Å²) in [6.45, 7) is 10.1. The number of hydrogen-bond donors (Lipinski definition) is 2. The fourth-order valence-corrected chi connectivity index (χ4v) is 3.09. The zero-order valence-electron chi connectivity index (χ0n) is 12.7. The Bertz CT molecular complexity index is 555. The summed E-state index contributed by atoms with van der Waals surface area (Å²) >= 11 is 0. The Morgan fingerprint density at radius 1 is 1.52 bits per heavy atom. The maximum atomic E-state index is 10.9. The highest BCUT2D eigenvalue weighted by Gasteiger charge is 2.38. The van der Waals surface area contributed by atoms with Crippen molar-refractivity contribution >= 4 is 5.97 Å². The molecule has 1 aliphatic heterocycles. The standard InChI is InChI=1S/C17H23NO3/c1-12(16(20)21)10-18-8-7-17(3,13(2)11-18)14-5-4-6-15(19)9-14/h4-6,9,13,19H,1,7-8,10-11H2,2-3H3,(H,20,21)/t13-,17+/m0/s1. The van der Waals surface area contributed by atoms with Crippen molar-refractivity contribution in [3.05, 3.63) is 42.0 Å². The SMILES string of the molecule is C=C(CN1CC[C@@](C)(c2cccc(O)c2)[C@@H](C)C1)C(=O)O. The first-order chi connectivity index (χ1) is 9.83. The predicted octanol–water partition coefficient (Wildman–Crippen LogP) is 2.63. The van der Waals surface area contributed by atoms with E-state index in [0.29, 0.717) is 18.2 Å². The van der Waals surface area contributed by atoms with Crippen LogP contribution in [-0.2, 0) is 10.2 Å². The molecule has 0 spiro atoms. The largest absolute Gasteiger partial charge is 0.508 e. The van der Waals surface area contributed by atoms with Crippen LogP contribution in [0.25, 0.3) is 0 Å². The first kappa shape index (κ1) is 15.6. The van der Waals surface area contributed by atoms with Crippen LogP contribution in [-0.4, -0.2) is 40.7 Å². The average Bonchev–Trinajstić information content (AvgIpc) is 2.43. The highest BCUT2D eigenvalue weighted by Crippen LogP contribution is 2.40. The van der Waals surface area contributed by atoms with Crippen LogP contribution in [0.5, 0.6) is 5.75 Å². The number of benzene rings is 1. The normalized spacial score (nSPS) is 26.5. The Labute approximate surface area is 125 Å². The molecular weight excluding hydrogens is 266 g/mol. The molecule has 0 saturated carbocycles. The second-order valence-electron chi connectivity index (χ2n) is 6.26. The van der Waals surface area contributed by atoms with Gasteiger partial charge in [-0.1, -0.05) is 32.6 Å². The number of carboxylic acid groups (broad SMARTS) is 1. The molecule has 0 radical (unpaired) electrons. The topological polar surface area (TPSA) is 60.8 Å². The van der Waals surface area contributed by atoms with E-state index in [-0.39, 0.29) is 11.0 Å². The Hall–Kier alpha value is -1.81. The minimum absolute atomic E-state index is 0.000201. The first-order valence-electron chi connectivity index (χ1n) is 7.26. The summed E-state index contributed by atoms with van der Waals surface area (Å²) in [5.74, 6) is -0.263. The molecule has 0 amide bonds. The van der Waals surface area contributed by atoms with Crippen molar-refractivity contribution in [2.45, 2.75) is 25.7 Å². The number of aromatic hydroxyl groups is 1. The number of piperidine rings is 1. The van der Waals surface area contributed by atoms with E-state index in [1.807, 2.05) is 12.1 Å². The van der Waals surface area contributed by atoms with E-state index in [2.05, 4.69) is 31.4 Å². The first-order valence-corrected chi connectivity index (χ1v) is 7.26. The number of phenols is 1. The quantitative estimate of drug-likeness (QED) is 0.837. The molecule has 4 heteroatoms. The van der Waals surface area contributed by atoms with Crippen LogP contribution >= 0.6 is 0 Å². The van der Waals surface area contributed by atoms with Gasteiger partial charge >= 0.3 is 5.97 Å². The number of phenolic OH excluding ortho intramolecular Hbond substituents is 1. The molecule has 2 N–H and O–H groups in total. The summed E-state index contributed by atoms with van der Waals surface area (Å²) in [7, 11) is 0. The summed E-state index contributed by atoms with van der Waals surface area (Å²) < 4.78 is 0. The van der Waals surface area contributed by atoms with Gasteiger partial charge < -0.3 is 10.2 Å². The van der Waals surface area contributed by atoms with Crippen LogP contribution in [0.1, 0.15) is 25.8 Å². The van der Waals surface area contributed by atoms with Crippen LogP contribution in [0, 0.1) is 5.92 Å². The molecule has 0 unspecified atom stereocenters. The van der Waals surface area contributed by atoms with Crippen LogP contribution < -0.4 is 0 Å². The molecule has 4 nitrogen and oxygen atoms in total. The predicted molar refractivity (Wildman–Crippen MR) is 82.5 cm³/mol. The fraction of sp³-hybridized carbons (Fsp3) is 0.471. The summed E-state index contributed by atoms with van der Waals surface area (Å²) in [6, 6.07) is 7.45. The Balaban J connectivity index is 2.10. The number of carbonyl (C=O) groups is 1. The van der Waals surface area contributed by atoms with Crippen molar-refractivity contribution in [3.63, 3.8) is 0 Å². The number of hydrogen-bond acceptors (Lipinski definition) is 3. The molecule has 1 aromatic carbocycles. The zero-order valence-corrected chi connectivity index (χ0v) is 12.7. The van der Waals surface area contributed by atoms with E-state index >= 15 is 0 Å². The van der Waals surface area contributed by atoms with Gasteiger partial charge in [0.2, 0.25) is 0 Å². The minimum Gasteiger partial charge on any atom is -0.508 e.